The Hall–Kier alpha value is -3.22. The summed E-state index contributed by atoms with van der Waals surface area (Å²) >= 11 is 0. The van der Waals surface area contributed by atoms with Gasteiger partial charge in [0.05, 0.1) is 5.92 Å². The van der Waals surface area contributed by atoms with Gasteiger partial charge in [-0.25, -0.2) is 0 Å². The summed E-state index contributed by atoms with van der Waals surface area (Å²) in [5, 5.41) is 15.5. The van der Waals surface area contributed by atoms with Crippen LogP contribution in [0, 0.1) is 5.92 Å². The molecule has 1 aromatic heterocycles. The largest absolute Gasteiger partial charge is 0.481 e. The number of rotatable bonds is 5. The quantitative estimate of drug-likeness (QED) is 0.511. The van der Waals surface area contributed by atoms with E-state index in [1.165, 1.54) is 5.56 Å². The fraction of sp³-hybridized carbons (Fsp3) is 0.174. The lowest BCUT2D eigenvalue weighted by Gasteiger charge is -2.36. The Morgan fingerprint density at radius 2 is 1.70 bits per heavy atom. The van der Waals surface area contributed by atoms with Crippen LogP contribution in [0.1, 0.15) is 5.56 Å². The number of carboxylic acids is 1. The molecule has 0 bridgehead atoms. The second-order valence-corrected chi connectivity index (χ2v) is 7.34. The minimum absolute atomic E-state index is 0. The summed E-state index contributed by atoms with van der Waals surface area (Å²) in [6, 6.07) is 22.0. The molecule has 4 aromatic rings. The highest BCUT2D eigenvalue weighted by Crippen LogP contribution is 2.32. The molecule has 1 saturated heterocycles. The Morgan fingerprint density at radius 3 is 2.43 bits per heavy atom. The van der Waals surface area contributed by atoms with Crippen LogP contribution in [-0.4, -0.2) is 39.2 Å². The third kappa shape index (κ3) is 3.67. The minimum Gasteiger partial charge on any atom is -0.481 e. The first-order chi connectivity index (χ1) is 14.2. The van der Waals surface area contributed by atoms with Crippen molar-refractivity contribution in [2.45, 2.75) is 6.54 Å². The smallest absolute Gasteiger partial charge is 0.309 e. The van der Waals surface area contributed by atoms with Gasteiger partial charge in [-0.3, -0.25) is 9.69 Å². The lowest BCUT2D eigenvalue weighted by molar-refractivity contribution is -0.147. The third-order valence-corrected chi connectivity index (χ3v) is 5.40. The van der Waals surface area contributed by atoms with E-state index in [2.05, 4.69) is 33.2 Å². The summed E-state index contributed by atoms with van der Waals surface area (Å²) in [4.78, 5) is 17.8. The number of aliphatic carboxylic acids is 1. The number of benzene rings is 3. The lowest BCUT2D eigenvalue weighted by Crippen LogP contribution is -2.49. The van der Waals surface area contributed by atoms with Crippen molar-refractivity contribution in [1.82, 2.24) is 15.0 Å². The molecule has 0 atom stereocenters. The average Bonchev–Trinajstić information content (AvgIpc) is 3.20. The fourth-order valence-electron chi connectivity index (χ4n) is 3.82. The average molecular weight is 422 g/mol. The summed E-state index contributed by atoms with van der Waals surface area (Å²) in [6.45, 7) is 1.92. The monoisotopic (exact) mass is 421 g/mol. The van der Waals surface area contributed by atoms with E-state index >= 15 is 0 Å². The van der Waals surface area contributed by atoms with Crippen LogP contribution in [0.25, 0.3) is 33.6 Å². The molecule has 7 heteroatoms. The van der Waals surface area contributed by atoms with Gasteiger partial charge in [0.1, 0.15) is 0 Å². The Morgan fingerprint density at radius 1 is 1.00 bits per heavy atom. The molecule has 0 spiro atoms. The first-order valence-corrected chi connectivity index (χ1v) is 9.54. The number of likely N-dealkylation sites (tertiary alicyclic amines) is 1. The van der Waals surface area contributed by atoms with Gasteiger partial charge < -0.3 is 9.63 Å². The van der Waals surface area contributed by atoms with Gasteiger partial charge in [0.2, 0.25) is 5.82 Å². The van der Waals surface area contributed by atoms with Crippen LogP contribution in [0.2, 0.25) is 0 Å². The number of carboxylic acid groups (broad SMARTS) is 1. The highest BCUT2D eigenvalue weighted by Gasteiger charge is 2.32. The number of carbonyl (C=O) groups is 1. The first kappa shape index (κ1) is 20.1. The second-order valence-electron chi connectivity index (χ2n) is 7.34. The highest BCUT2D eigenvalue weighted by atomic mass is 35.5. The molecule has 0 saturated carbocycles. The summed E-state index contributed by atoms with van der Waals surface area (Å²) in [6.07, 6.45) is 0. The SMILES string of the molecule is Cl.O=C(O)C1CN(Cc2ccc(-c3noc(-c4ccccc4)n3)c3ccccc23)C1. The molecule has 2 heterocycles. The predicted octanol–water partition coefficient (Wildman–Crippen LogP) is 4.50. The molecule has 1 aliphatic rings. The molecule has 0 unspecified atom stereocenters. The Bertz CT molecular complexity index is 1190. The van der Waals surface area contributed by atoms with E-state index in [0.29, 0.717) is 24.8 Å². The summed E-state index contributed by atoms with van der Waals surface area (Å²) < 4.78 is 5.48. The topological polar surface area (TPSA) is 79.5 Å². The maximum atomic E-state index is 11.0. The molecule has 0 radical (unpaired) electrons. The zero-order chi connectivity index (χ0) is 19.8. The van der Waals surface area contributed by atoms with Crippen LogP contribution in [-0.2, 0) is 11.3 Å². The van der Waals surface area contributed by atoms with Crippen molar-refractivity contribution in [3.63, 3.8) is 0 Å². The van der Waals surface area contributed by atoms with E-state index in [9.17, 15) is 4.79 Å². The van der Waals surface area contributed by atoms with Crippen LogP contribution in [0.4, 0.5) is 0 Å². The molecule has 1 aliphatic heterocycles. The normalized spacial score (nSPS) is 14.3. The van der Waals surface area contributed by atoms with Gasteiger partial charge in [-0.2, -0.15) is 4.98 Å². The van der Waals surface area contributed by atoms with Gasteiger partial charge in [0, 0.05) is 30.8 Å². The Kier molecular flexibility index (Phi) is 5.53. The number of aromatic nitrogens is 2. The van der Waals surface area contributed by atoms with E-state index in [1.54, 1.807) is 0 Å². The molecule has 6 nitrogen and oxygen atoms in total. The molecule has 1 N–H and O–H groups in total. The van der Waals surface area contributed by atoms with Crippen molar-refractivity contribution in [2.75, 3.05) is 13.1 Å². The van der Waals surface area contributed by atoms with Crippen molar-refractivity contribution in [2.24, 2.45) is 5.92 Å². The molecular formula is C23H20ClN3O3. The van der Waals surface area contributed by atoms with E-state index in [4.69, 9.17) is 9.63 Å². The molecule has 0 amide bonds. The predicted molar refractivity (Wildman–Crippen MR) is 116 cm³/mol. The standard InChI is InChI=1S/C23H19N3O3.ClH/c27-23(28)17-13-26(14-17)12-16-10-11-20(19-9-5-4-8-18(16)19)21-24-22(29-25-21)15-6-2-1-3-7-15;/h1-11,17H,12-14H2,(H,27,28);1H. The Labute approximate surface area is 179 Å². The maximum Gasteiger partial charge on any atom is 0.309 e. The number of fused-ring (bicyclic) bond motifs is 1. The zero-order valence-electron chi connectivity index (χ0n) is 16.1. The van der Waals surface area contributed by atoms with Gasteiger partial charge in [-0.05, 0) is 28.5 Å². The zero-order valence-corrected chi connectivity index (χ0v) is 16.9. The van der Waals surface area contributed by atoms with E-state index < -0.39 is 5.97 Å². The second kappa shape index (κ2) is 8.26. The first-order valence-electron chi connectivity index (χ1n) is 9.54. The van der Waals surface area contributed by atoms with Gasteiger partial charge >= 0.3 is 5.97 Å². The molecule has 5 rings (SSSR count). The van der Waals surface area contributed by atoms with Crippen molar-refractivity contribution in [3.05, 3.63) is 72.3 Å². The highest BCUT2D eigenvalue weighted by molar-refractivity contribution is 5.97. The molecule has 0 aliphatic carbocycles. The van der Waals surface area contributed by atoms with Gasteiger partial charge in [-0.1, -0.05) is 59.8 Å². The number of nitrogens with zero attached hydrogens (tertiary/aromatic N) is 3. The van der Waals surface area contributed by atoms with Crippen LogP contribution >= 0.6 is 12.4 Å². The van der Waals surface area contributed by atoms with E-state index in [0.717, 1.165) is 28.4 Å². The van der Waals surface area contributed by atoms with Crippen LogP contribution in [0.15, 0.2) is 71.3 Å². The maximum absolute atomic E-state index is 11.0. The van der Waals surface area contributed by atoms with E-state index in [1.807, 2.05) is 48.5 Å². The molecule has 1 fully saturated rings. The van der Waals surface area contributed by atoms with Crippen molar-refractivity contribution in [1.29, 1.82) is 0 Å². The summed E-state index contributed by atoms with van der Waals surface area (Å²) in [5.41, 5.74) is 2.97. The molecule has 30 heavy (non-hydrogen) atoms. The molecule has 152 valence electrons. The van der Waals surface area contributed by atoms with Crippen molar-refractivity contribution in [3.8, 4) is 22.8 Å². The summed E-state index contributed by atoms with van der Waals surface area (Å²) in [7, 11) is 0. The van der Waals surface area contributed by atoms with Crippen molar-refractivity contribution < 1.29 is 14.4 Å². The molecule has 3 aromatic carbocycles. The van der Waals surface area contributed by atoms with Crippen molar-refractivity contribution >= 4 is 29.1 Å². The van der Waals surface area contributed by atoms with Crippen LogP contribution in [0.3, 0.4) is 0 Å². The minimum atomic E-state index is -0.715. The van der Waals surface area contributed by atoms with Crippen LogP contribution in [0.5, 0.6) is 0 Å². The van der Waals surface area contributed by atoms with Gasteiger partial charge in [-0.15, -0.1) is 12.4 Å². The summed E-state index contributed by atoms with van der Waals surface area (Å²) in [5.74, 6) is 0.0830. The number of halogens is 1. The molecular weight excluding hydrogens is 402 g/mol. The van der Waals surface area contributed by atoms with E-state index in [-0.39, 0.29) is 18.3 Å². The third-order valence-electron chi connectivity index (χ3n) is 5.40. The fourth-order valence-corrected chi connectivity index (χ4v) is 3.82. The number of hydrogen-bond acceptors (Lipinski definition) is 5. The Balaban J connectivity index is 0.00000218. The van der Waals surface area contributed by atoms with Gasteiger partial charge in [0.15, 0.2) is 0 Å². The van der Waals surface area contributed by atoms with Gasteiger partial charge in [0.25, 0.3) is 5.89 Å². The van der Waals surface area contributed by atoms with Crippen LogP contribution < -0.4 is 0 Å². The lowest BCUT2D eigenvalue weighted by atomic mass is 9.95. The number of hydrogen-bond donors (Lipinski definition) is 1.